The zero-order valence-electron chi connectivity index (χ0n) is 14.7. The SMILES string of the molecule is O=C1C(=O)N(CC2CCCO2)C(c2ccccn2)/C1=C(/O)c1ccccc1. The Hall–Kier alpha value is -2.99. The van der Waals surface area contributed by atoms with Crippen LogP contribution in [0, 0.1) is 0 Å². The second kappa shape index (κ2) is 7.32. The first-order valence-corrected chi connectivity index (χ1v) is 9.03. The molecule has 3 heterocycles. The van der Waals surface area contributed by atoms with E-state index in [1.165, 1.54) is 4.90 Å². The summed E-state index contributed by atoms with van der Waals surface area (Å²) in [6, 6.07) is 13.4. The van der Waals surface area contributed by atoms with E-state index in [2.05, 4.69) is 4.98 Å². The quantitative estimate of drug-likeness (QED) is 0.513. The minimum atomic E-state index is -0.726. The van der Waals surface area contributed by atoms with E-state index < -0.39 is 17.7 Å². The zero-order valence-corrected chi connectivity index (χ0v) is 14.7. The van der Waals surface area contributed by atoms with Crippen molar-refractivity contribution in [3.8, 4) is 0 Å². The van der Waals surface area contributed by atoms with Gasteiger partial charge in [-0.1, -0.05) is 36.4 Å². The number of ketones is 1. The van der Waals surface area contributed by atoms with Crippen molar-refractivity contribution in [3.63, 3.8) is 0 Å². The fourth-order valence-electron chi connectivity index (χ4n) is 3.67. The van der Waals surface area contributed by atoms with Crippen LogP contribution in [0.1, 0.15) is 30.1 Å². The van der Waals surface area contributed by atoms with Crippen LogP contribution in [0.5, 0.6) is 0 Å². The van der Waals surface area contributed by atoms with E-state index in [0.717, 1.165) is 12.8 Å². The molecule has 1 N–H and O–H groups in total. The number of rotatable bonds is 4. The van der Waals surface area contributed by atoms with Crippen molar-refractivity contribution < 1.29 is 19.4 Å². The highest BCUT2D eigenvalue weighted by Crippen LogP contribution is 2.39. The van der Waals surface area contributed by atoms with Gasteiger partial charge in [0.2, 0.25) is 0 Å². The average molecular weight is 364 g/mol. The van der Waals surface area contributed by atoms with Gasteiger partial charge in [0, 0.05) is 24.9 Å². The first-order valence-electron chi connectivity index (χ1n) is 9.03. The number of benzene rings is 1. The Balaban J connectivity index is 1.81. The number of hydrogen-bond donors (Lipinski definition) is 1. The van der Waals surface area contributed by atoms with Crippen molar-refractivity contribution in [2.75, 3.05) is 13.2 Å². The molecular formula is C21H20N2O4. The summed E-state index contributed by atoms with van der Waals surface area (Å²) >= 11 is 0. The Morgan fingerprint density at radius 1 is 1.15 bits per heavy atom. The van der Waals surface area contributed by atoms with Gasteiger partial charge in [-0.15, -0.1) is 0 Å². The maximum Gasteiger partial charge on any atom is 0.295 e. The number of likely N-dealkylation sites (tertiary alicyclic amines) is 1. The number of hydrogen-bond acceptors (Lipinski definition) is 5. The van der Waals surface area contributed by atoms with Gasteiger partial charge in [-0.25, -0.2) is 0 Å². The van der Waals surface area contributed by atoms with Crippen LogP contribution in [0.25, 0.3) is 5.76 Å². The predicted molar refractivity (Wildman–Crippen MR) is 98.7 cm³/mol. The van der Waals surface area contributed by atoms with Crippen LogP contribution in [0.2, 0.25) is 0 Å². The van der Waals surface area contributed by atoms with Crippen molar-refractivity contribution in [2.24, 2.45) is 0 Å². The number of amides is 1. The van der Waals surface area contributed by atoms with Crippen LogP contribution in [0.4, 0.5) is 0 Å². The Bertz CT molecular complexity index is 874. The number of aromatic nitrogens is 1. The summed E-state index contributed by atoms with van der Waals surface area (Å²) in [6.07, 6.45) is 3.29. The predicted octanol–water partition coefficient (Wildman–Crippen LogP) is 2.68. The van der Waals surface area contributed by atoms with Crippen LogP contribution in [-0.4, -0.2) is 45.9 Å². The number of Topliss-reactive ketones (excluding diaryl/α,β-unsaturated/α-hetero) is 1. The molecule has 2 saturated heterocycles. The molecule has 2 aliphatic heterocycles. The van der Waals surface area contributed by atoms with E-state index in [1.807, 2.05) is 6.07 Å². The van der Waals surface area contributed by atoms with E-state index in [9.17, 15) is 14.7 Å². The number of carbonyl (C=O) groups excluding carboxylic acids is 2. The lowest BCUT2D eigenvalue weighted by Gasteiger charge is -2.26. The van der Waals surface area contributed by atoms with Crippen molar-refractivity contribution in [1.82, 2.24) is 9.88 Å². The molecule has 0 saturated carbocycles. The van der Waals surface area contributed by atoms with Crippen LogP contribution in [0.15, 0.2) is 60.3 Å². The van der Waals surface area contributed by atoms with Crippen LogP contribution >= 0.6 is 0 Å². The first kappa shape index (κ1) is 17.4. The van der Waals surface area contributed by atoms with Gasteiger partial charge in [-0.3, -0.25) is 14.6 Å². The molecule has 2 aliphatic rings. The summed E-state index contributed by atoms with van der Waals surface area (Å²) in [6.45, 7) is 0.963. The van der Waals surface area contributed by atoms with Gasteiger partial charge >= 0.3 is 0 Å². The molecule has 6 nitrogen and oxygen atoms in total. The molecule has 0 bridgehead atoms. The number of pyridine rings is 1. The molecule has 2 atom stereocenters. The Labute approximate surface area is 157 Å². The Morgan fingerprint density at radius 2 is 1.93 bits per heavy atom. The highest BCUT2D eigenvalue weighted by Gasteiger charge is 2.47. The minimum absolute atomic E-state index is 0.0721. The van der Waals surface area contributed by atoms with Gasteiger partial charge in [0.25, 0.3) is 11.7 Å². The Kier molecular flexibility index (Phi) is 4.73. The van der Waals surface area contributed by atoms with Crippen molar-refractivity contribution in [3.05, 3.63) is 71.6 Å². The molecule has 4 rings (SSSR count). The van der Waals surface area contributed by atoms with Gasteiger partial charge in [0.05, 0.1) is 17.4 Å². The van der Waals surface area contributed by atoms with Gasteiger partial charge in [-0.05, 0) is 25.0 Å². The van der Waals surface area contributed by atoms with E-state index >= 15 is 0 Å². The topological polar surface area (TPSA) is 79.7 Å². The molecule has 1 aromatic carbocycles. The second-order valence-electron chi connectivity index (χ2n) is 6.71. The fraction of sp³-hybridized carbons (Fsp3) is 0.286. The molecule has 0 radical (unpaired) electrons. The largest absolute Gasteiger partial charge is 0.507 e. The van der Waals surface area contributed by atoms with E-state index in [4.69, 9.17) is 4.74 Å². The van der Waals surface area contributed by atoms with E-state index in [1.54, 1.807) is 48.7 Å². The summed E-state index contributed by atoms with van der Waals surface area (Å²) in [4.78, 5) is 31.4. The lowest BCUT2D eigenvalue weighted by Crippen LogP contribution is -2.36. The van der Waals surface area contributed by atoms with Gasteiger partial charge in [0.1, 0.15) is 11.8 Å². The van der Waals surface area contributed by atoms with Crippen LogP contribution < -0.4 is 0 Å². The third-order valence-corrected chi connectivity index (χ3v) is 4.98. The molecule has 2 aromatic rings. The normalized spacial score (nSPS) is 24.5. The number of carbonyl (C=O) groups is 2. The molecule has 6 heteroatoms. The zero-order chi connectivity index (χ0) is 18.8. The van der Waals surface area contributed by atoms with Gasteiger partial charge < -0.3 is 14.7 Å². The first-order chi connectivity index (χ1) is 13.2. The highest BCUT2D eigenvalue weighted by atomic mass is 16.5. The van der Waals surface area contributed by atoms with E-state index in [0.29, 0.717) is 24.4 Å². The van der Waals surface area contributed by atoms with Gasteiger partial charge in [-0.2, -0.15) is 0 Å². The molecular weight excluding hydrogens is 344 g/mol. The van der Waals surface area contributed by atoms with Crippen molar-refractivity contribution in [2.45, 2.75) is 25.0 Å². The number of aliphatic hydroxyl groups excluding tert-OH is 1. The highest BCUT2D eigenvalue weighted by molar-refractivity contribution is 6.46. The fourth-order valence-corrected chi connectivity index (χ4v) is 3.67. The summed E-state index contributed by atoms with van der Waals surface area (Å²) < 4.78 is 5.66. The lowest BCUT2D eigenvalue weighted by atomic mass is 9.98. The molecule has 2 unspecified atom stereocenters. The van der Waals surface area contributed by atoms with Crippen molar-refractivity contribution in [1.29, 1.82) is 0 Å². The number of aliphatic hydroxyl groups is 1. The molecule has 27 heavy (non-hydrogen) atoms. The van der Waals surface area contributed by atoms with Crippen LogP contribution in [0.3, 0.4) is 0 Å². The summed E-state index contributed by atoms with van der Waals surface area (Å²) in [5.41, 5.74) is 1.11. The number of ether oxygens (including phenoxy) is 1. The summed E-state index contributed by atoms with van der Waals surface area (Å²) in [5.74, 6) is -1.50. The Morgan fingerprint density at radius 3 is 2.59 bits per heavy atom. The monoisotopic (exact) mass is 364 g/mol. The molecule has 0 spiro atoms. The smallest absolute Gasteiger partial charge is 0.295 e. The maximum absolute atomic E-state index is 12.8. The number of nitrogens with zero attached hydrogens (tertiary/aromatic N) is 2. The van der Waals surface area contributed by atoms with Crippen LogP contribution in [-0.2, 0) is 14.3 Å². The van der Waals surface area contributed by atoms with E-state index in [-0.39, 0.29) is 17.4 Å². The molecule has 1 aromatic heterocycles. The van der Waals surface area contributed by atoms with Gasteiger partial charge in [0.15, 0.2) is 0 Å². The standard InChI is InChI=1S/C21H20N2O4/c24-19(14-7-2-1-3-8-14)17-18(16-10-4-5-11-22-16)23(21(26)20(17)25)13-15-9-6-12-27-15/h1-5,7-8,10-11,15,18,24H,6,9,12-13H2/b19-17-. The lowest BCUT2D eigenvalue weighted by molar-refractivity contribution is -0.140. The molecule has 1 amide bonds. The maximum atomic E-state index is 12.8. The summed E-state index contributed by atoms with van der Waals surface area (Å²) in [7, 11) is 0. The second-order valence-corrected chi connectivity index (χ2v) is 6.71. The minimum Gasteiger partial charge on any atom is -0.507 e. The summed E-state index contributed by atoms with van der Waals surface area (Å²) in [5, 5.41) is 10.8. The molecule has 0 aliphatic carbocycles. The average Bonchev–Trinajstić information content (AvgIpc) is 3.31. The van der Waals surface area contributed by atoms with Crippen molar-refractivity contribution >= 4 is 17.4 Å². The third kappa shape index (κ3) is 3.24. The third-order valence-electron chi connectivity index (χ3n) is 4.98. The molecule has 2 fully saturated rings. The molecule has 138 valence electrons.